The SMILES string of the molecule is C=C(C)c1ccc(CNC(=O)c2cc(=O)n(-c3c(Cl)cc(Cl)cc3Cl)[nH]2)cc1. The maximum absolute atomic E-state index is 12.4. The van der Waals surface area contributed by atoms with Crippen LogP contribution in [0.4, 0.5) is 0 Å². The van der Waals surface area contributed by atoms with E-state index in [0.29, 0.717) is 11.6 Å². The van der Waals surface area contributed by atoms with Crippen molar-refractivity contribution < 1.29 is 4.79 Å². The summed E-state index contributed by atoms with van der Waals surface area (Å²) in [6, 6.07) is 11.8. The molecule has 3 rings (SSSR count). The third kappa shape index (κ3) is 4.33. The number of hydrogen-bond donors (Lipinski definition) is 2. The van der Waals surface area contributed by atoms with Gasteiger partial charge < -0.3 is 5.32 Å². The van der Waals surface area contributed by atoms with Gasteiger partial charge in [-0.1, -0.05) is 71.2 Å². The number of hydrogen-bond acceptors (Lipinski definition) is 2. The lowest BCUT2D eigenvalue weighted by molar-refractivity contribution is 0.0945. The summed E-state index contributed by atoms with van der Waals surface area (Å²) in [6.45, 7) is 6.13. The molecule has 1 aromatic heterocycles. The van der Waals surface area contributed by atoms with Gasteiger partial charge in [0.15, 0.2) is 0 Å². The van der Waals surface area contributed by atoms with Crippen molar-refractivity contribution in [3.63, 3.8) is 0 Å². The molecule has 0 fully saturated rings. The van der Waals surface area contributed by atoms with Crippen LogP contribution in [-0.2, 0) is 6.54 Å². The maximum Gasteiger partial charge on any atom is 0.272 e. The van der Waals surface area contributed by atoms with Crippen molar-refractivity contribution in [3.05, 3.63) is 91.3 Å². The topological polar surface area (TPSA) is 66.9 Å². The summed E-state index contributed by atoms with van der Waals surface area (Å²) >= 11 is 18.2. The Morgan fingerprint density at radius 3 is 2.29 bits per heavy atom. The number of nitrogens with one attached hydrogen (secondary N) is 2. The van der Waals surface area contributed by atoms with E-state index in [-0.39, 0.29) is 21.4 Å². The van der Waals surface area contributed by atoms with Crippen LogP contribution in [0, 0.1) is 0 Å². The summed E-state index contributed by atoms with van der Waals surface area (Å²) in [4.78, 5) is 24.7. The van der Waals surface area contributed by atoms with E-state index in [1.165, 1.54) is 18.2 Å². The van der Waals surface area contributed by atoms with Gasteiger partial charge in [-0.05, 0) is 30.2 Å². The lowest BCUT2D eigenvalue weighted by Gasteiger charge is -2.08. The van der Waals surface area contributed by atoms with Crippen molar-refractivity contribution in [1.29, 1.82) is 0 Å². The zero-order valence-corrected chi connectivity index (χ0v) is 17.1. The van der Waals surface area contributed by atoms with Gasteiger partial charge in [0.1, 0.15) is 11.4 Å². The van der Waals surface area contributed by atoms with Gasteiger partial charge in [0, 0.05) is 17.6 Å². The van der Waals surface area contributed by atoms with Gasteiger partial charge >= 0.3 is 0 Å². The summed E-state index contributed by atoms with van der Waals surface area (Å²) in [5, 5.41) is 6.20. The minimum absolute atomic E-state index is 0.0886. The Kier molecular flexibility index (Phi) is 5.98. The molecule has 0 spiro atoms. The predicted octanol–water partition coefficient (Wildman–Crippen LogP) is 5.09. The van der Waals surface area contributed by atoms with Gasteiger partial charge in [-0.25, -0.2) is 4.68 Å². The Bertz CT molecular complexity index is 1090. The highest BCUT2D eigenvalue weighted by Crippen LogP contribution is 2.31. The van der Waals surface area contributed by atoms with E-state index in [0.717, 1.165) is 21.4 Å². The van der Waals surface area contributed by atoms with E-state index in [4.69, 9.17) is 34.8 Å². The molecule has 28 heavy (non-hydrogen) atoms. The quantitative estimate of drug-likeness (QED) is 0.585. The number of amides is 1. The van der Waals surface area contributed by atoms with Gasteiger partial charge in [0.2, 0.25) is 0 Å². The fraction of sp³-hybridized carbons (Fsp3) is 0.100. The first kappa shape index (κ1) is 20.3. The van der Waals surface area contributed by atoms with E-state index >= 15 is 0 Å². The third-order valence-corrected chi connectivity index (χ3v) is 4.86. The second-order valence-electron chi connectivity index (χ2n) is 6.22. The molecule has 8 heteroatoms. The van der Waals surface area contributed by atoms with E-state index in [1.807, 2.05) is 31.2 Å². The fourth-order valence-electron chi connectivity index (χ4n) is 2.61. The summed E-state index contributed by atoms with van der Waals surface area (Å²) < 4.78 is 1.11. The van der Waals surface area contributed by atoms with Gasteiger partial charge in [-0.3, -0.25) is 14.7 Å². The van der Waals surface area contributed by atoms with Crippen LogP contribution in [0.15, 0.2) is 53.8 Å². The molecule has 0 aliphatic rings. The van der Waals surface area contributed by atoms with Crippen LogP contribution in [0.3, 0.4) is 0 Å². The average Bonchev–Trinajstić information content (AvgIpc) is 3.01. The van der Waals surface area contributed by atoms with Crippen LogP contribution in [0.2, 0.25) is 15.1 Å². The fourth-order valence-corrected chi connectivity index (χ4v) is 3.60. The van der Waals surface area contributed by atoms with Crippen molar-refractivity contribution in [1.82, 2.24) is 15.1 Å². The smallest absolute Gasteiger partial charge is 0.272 e. The molecule has 2 aromatic carbocycles. The van der Waals surface area contributed by atoms with Crippen LogP contribution < -0.4 is 10.9 Å². The molecule has 0 saturated heterocycles. The van der Waals surface area contributed by atoms with Crippen molar-refractivity contribution in [3.8, 4) is 5.69 Å². The lowest BCUT2D eigenvalue weighted by atomic mass is 10.1. The normalized spacial score (nSPS) is 10.7. The van der Waals surface area contributed by atoms with E-state index < -0.39 is 11.5 Å². The highest BCUT2D eigenvalue weighted by Gasteiger charge is 2.16. The Balaban J connectivity index is 1.78. The van der Waals surface area contributed by atoms with Gasteiger partial charge in [0.25, 0.3) is 11.5 Å². The number of rotatable bonds is 5. The molecule has 0 bridgehead atoms. The zero-order chi connectivity index (χ0) is 20.4. The Morgan fingerprint density at radius 1 is 1.11 bits per heavy atom. The monoisotopic (exact) mass is 435 g/mol. The van der Waals surface area contributed by atoms with Gasteiger partial charge in [-0.2, -0.15) is 0 Å². The standard InChI is InChI=1S/C20H16Cl3N3O2/c1-11(2)13-5-3-12(4-6-13)10-24-20(28)17-9-18(27)26(25-17)19-15(22)7-14(21)8-16(19)23/h3-9,25H,1,10H2,2H3,(H,24,28). The van der Waals surface area contributed by atoms with Gasteiger partial charge in [0.05, 0.1) is 10.0 Å². The number of H-pyrrole nitrogens is 1. The first-order valence-corrected chi connectivity index (χ1v) is 9.39. The molecule has 3 aromatic rings. The first-order valence-electron chi connectivity index (χ1n) is 8.26. The largest absolute Gasteiger partial charge is 0.347 e. The number of carbonyl (C=O) groups excluding carboxylic acids is 1. The number of allylic oxidation sites excluding steroid dienone is 1. The molecule has 0 aliphatic heterocycles. The Morgan fingerprint density at radius 2 is 1.71 bits per heavy atom. The minimum Gasteiger partial charge on any atom is -0.347 e. The minimum atomic E-state index is -0.470. The van der Waals surface area contributed by atoms with Crippen molar-refractivity contribution in [2.24, 2.45) is 0 Å². The van der Waals surface area contributed by atoms with E-state index in [9.17, 15) is 9.59 Å². The lowest BCUT2D eigenvalue weighted by Crippen LogP contribution is -2.23. The van der Waals surface area contributed by atoms with Crippen molar-refractivity contribution in [2.75, 3.05) is 0 Å². The van der Waals surface area contributed by atoms with Crippen LogP contribution in [0.5, 0.6) is 0 Å². The van der Waals surface area contributed by atoms with E-state index in [1.54, 1.807) is 0 Å². The second kappa shape index (κ2) is 8.27. The van der Waals surface area contributed by atoms with Gasteiger partial charge in [-0.15, -0.1) is 0 Å². The van der Waals surface area contributed by atoms with Crippen LogP contribution in [0.25, 0.3) is 11.3 Å². The third-order valence-electron chi connectivity index (χ3n) is 4.07. The maximum atomic E-state index is 12.4. The van der Waals surface area contributed by atoms with Crippen molar-refractivity contribution in [2.45, 2.75) is 13.5 Å². The molecule has 1 heterocycles. The Hall–Kier alpha value is -2.47. The summed E-state index contributed by atoms with van der Waals surface area (Å²) in [7, 11) is 0. The number of benzene rings is 2. The average molecular weight is 437 g/mol. The highest BCUT2D eigenvalue weighted by molar-refractivity contribution is 6.40. The summed E-state index contributed by atoms with van der Waals surface area (Å²) in [5.74, 6) is -0.430. The van der Waals surface area contributed by atoms with Crippen LogP contribution >= 0.6 is 34.8 Å². The molecule has 2 N–H and O–H groups in total. The molecule has 0 aliphatic carbocycles. The number of nitrogens with zero attached hydrogens (tertiary/aromatic N) is 1. The number of halogens is 3. The molecule has 0 unspecified atom stereocenters. The molecule has 5 nitrogen and oxygen atoms in total. The van der Waals surface area contributed by atoms with Crippen molar-refractivity contribution >= 4 is 46.3 Å². The molecular formula is C20H16Cl3N3O2. The highest BCUT2D eigenvalue weighted by atomic mass is 35.5. The molecule has 144 valence electrons. The molecule has 0 saturated carbocycles. The van der Waals surface area contributed by atoms with Crippen LogP contribution in [0.1, 0.15) is 28.5 Å². The van der Waals surface area contributed by atoms with Crippen LogP contribution in [-0.4, -0.2) is 15.7 Å². The molecule has 0 atom stereocenters. The van der Waals surface area contributed by atoms with E-state index in [2.05, 4.69) is 17.0 Å². The Labute approximate surface area is 176 Å². The zero-order valence-electron chi connectivity index (χ0n) is 14.9. The summed E-state index contributed by atoms with van der Waals surface area (Å²) in [5.41, 5.74) is 2.77. The molecular weight excluding hydrogens is 421 g/mol. The summed E-state index contributed by atoms with van der Waals surface area (Å²) in [6.07, 6.45) is 0. The number of aromatic amines is 1. The number of aromatic nitrogens is 2. The number of carbonyl (C=O) groups is 1. The molecule has 1 amide bonds. The molecule has 0 radical (unpaired) electrons. The second-order valence-corrected chi connectivity index (χ2v) is 7.47. The predicted molar refractivity (Wildman–Crippen MR) is 114 cm³/mol. The first-order chi connectivity index (χ1) is 13.3.